The van der Waals surface area contributed by atoms with Crippen molar-refractivity contribution in [2.24, 2.45) is 12.8 Å². The molecule has 19 heavy (non-hydrogen) atoms. The van der Waals surface area contributed by atoms with Crippen LogP contribution in [0.4, 0.5) is 5.69 Å². The Balaban J connectivity index is 2.45. The molecule has 7 nitrogen and oxygen atoms in total. The minimum absolute atomic E-state index is 0.104. The molecule has 0 fully saturated rings. The highest BCUT2D eigenvalue weighted by Gasteiger charge is 2.26. The van der Waals surface area contributed by atoms with E-state index in [0.29, 0.717) is 22.8 Å². The molecule has 8 heteroatoms. The average Bonchev–Trinajstić information content (AvgIpc) is 2.81. The maximum atomic E-state index is 12.4. The van der Waals surface area contributed by atoms with Crippen molar-refractivity contribution in [2.45, 2.75) is 25.3 Å². The Bertz CT molecular complexity index is 700. The molecule has 3 N–H and O–H groups in total. The summed E-state index contributed by atoms with van der Waals surface area (Å²) in [5, 5.41) is 3.91. The van der Waals surface area contributed by atoms with Crippen LogP contribution in [0.25, 0.3) is 0 Å². The molecule has 2 heterocycles. The van der Waals surface area contributed by atoms with Gasteiger partial charge in [0, 0.05) is 25.4 Å². The molecule has 0 spiro atoms. The molecule has 0 aromatic carbocycles. The molecule has 0 amide bonds. The first-order valence-electron chi connectivity index (χ1n) is 5.65. The molecule has 0 bridgehead atoms. The molecule has 104 valence electrons. The number of hydrogen-bond acceptors (Lipinski definition) is 5. The third kappa shape index (κ3) is 2.49. The number of anilines is 1. The zero-order chi connectivity index (χ0) is 14.2. The topological polar surface area (TPSA) is 103 Å². The van der Waals surface area contributed by atoms with Gasteiger partial charge in [-0.05, 0) is 13.8 Å². The molecule has 0 aliphatic carbocycles. The third-order valence-corrected chi connectivity index (χ3v) is 4.33. The van der Waals surface area contributed by atoms with Crippen molar-refractivity contribution in [1.29, 1.82) is 0 Å². The maximum absolute atomic E-state index is 12.4. The standard InChI is InChI=1S/C11H16N4O3S/c1-7-10(4-12)11(8(2)18-7)19(16,17)14-9-5-13-15(3)6-9/h5-6,14H,4,12H2,1-3H3. The van der Waals surface area contributed by atoms with E-state index in [1.165, 1.54) is 10.9 Å². The minimum Gasteiger partial charge on any atom is -0.465 e. The summed E-state index contributed by atoms with van der Waals surface area (Å²) in [4.78, 5) is 0.108. The Morgan fingerprint density at radius 2 is 2.11 bits per heavy atom. The number of rotatable bonds is 4. The molecule has 2 aromatic rings. The third-order valence-electron chi connectivity index (χ3n) is 2.75. The second-order valence-electron chi connectivity index (χ2n) is 4.23. The lowest BCUT2D eigenvalue weighted by atomic mass is 10.2. The van der Waals surface area contributed by atoms with Crippen LogP contribution in [-0.4, -0.2) is 18.2 Å². The van der Waals surface area contributed by atoms with Gasteiger partial charge in [-0.1, -0.05) is 0 Å². The van der Waals surface area contributed by atoms with Crippen LogP contribution in [0.15, 0.2) is 21.7 Å². The second-order valence-corrected chi connectivity index (χ2v) is 5.85. The molecule has 0 unspecified atom stereocenters. The van der Waals surface area contributed by atoms with E-state index in [1.807, 2.05) is 0 Å². The Morgan fingerprint density at radius 3 is 2.63 bits per heavy atom. The first-order chi connectivity index (χ1) is 8.85. The first kappa shape index (κ1) is 13.6. The van der Waals surface area contributed by atoms with Gasteiger partial charge >= 0.3 is 0 Å². The molecule has 0 atom stereocenters. The van der Waals surface area contributed by atoms with Crippen LogP contribution in [0.3, 0.4) is 0 Å². The molecular formula is C11H16N4O3S. The fraction of sp³-hybridized carbons (Fsp3) is 0.364. The van der Waals surface area contributed by atoms with Crippen molar-refractivity contribution in [1.82, 2.24) is 9.78 Å². The van der Waals surface area contributed by atoms with Crippen LogP contribution >= 0.6 is 0 Å². The Kier molecular flexibility index (Phi) is 3.38. The van der Waals surface area contributed by atoms with E-state index in [4.69, 9.17) is 10.2 Å². The number of nitrogens with two attached hydrogens (primary N) is 1. The number of sulfonamides is 1. The van der Waals surface area contributed by atoms with Gasteiger partial charge in [-0.25, -0.2) is 8.42 Å². The number of hydrogen-bond donors (Lipinski definition) is 2. The largest absolute Gasteiger partial charge is 0.465 e. The quantitative estimate of drug-likeness (QED) is 0.867. The van der Waals surface area contributed by atoms with Crippen molar-refractivity contribution in [3.63, 3.8) is 0 Å². The second kappa shape index (κ2) is 4.71. The van der Waals surface area contributed by atoms with E-state index in [2.05, 4.69) is 9.82 Å². The van der Waals surface area contributed by atoms with Crippen LogP contribution < -0.4 is 10.5 Å². The molecule has 0 saturated heterocycles. The number of nitrogens with one attached hydrogen (secondary N) is 1. The normalized spacial score (nSPS) is 11.8. The fourth-order valence-electron chi connectivity index (χ4n) is 1.98. The van der Waals surface area contributed by atoms with Gasteiger partial charge in [-0.2, -0.15) is 5.10 Å². The summed E-state index contributed by atoms with van der Waals surface area (Å²) in [6.07, 6.45) is 3.00. The van der Waals surface area contributed by atoms with Gasteiger partial charge in [0.25, 0.3) is 10.0 Å². The van der Waals surface area contributed by atoms with Crippen LogP contribution in [0, 0.1) is 13.8 Å². The van der Waals surface area contributed by atoms with Crippen LogP contribution in [0.1, 0.15) is 17.1 Å². The van der Waals surface area contributed by atoms with Crippen LogP contribution in [0.5, 0.6) is 0 Å². The lowest BCUT2D eigenvalue weighted by Gasteiger charge is -2.06. The number of nitrogens with zero attached hydrogens (tertiary/aromatic N) is 2. The maximum Gasteiger partial charge on any atom is 0.265 e. The summed E-state index contributed by atoms with van der Waals surface area (Å²) in [6.45, 7) is 3.40. The number of aryl methyl sites for hydroxylation is 3. The van der Waals surface area contributed by atoms with E-state index in [0.717, 1.165) is 0 Å². The molecule has 2 aromatic heterocycles. The Labute approximate surface area is 111 Å². The van der Waals surface area contributed by atoms with Gasteiger partial charge in [-0.15, -0.1) is 0 Å². The lowest BCUT2D eigenvalue weighted by molar-refractivity contribution is 0.494. The molecular weight excluding hydrogens is 268 g/mol. The summed E-state index contributed by atoms with van der Waals surface area (Å²) >= 11 is 0. The van der Waals surface area contributed by atoms with Gasteiger partial charge in [0.2, 0.25) is 0 Å². The molecule has 0 aliphatic rings. The Morgan fingerprint density at radius 1 is 1.42 bits per heavy atom. The van der Waals surface area contributed by atoms with Crippen molar-refractivity contribution in [3.8, 4) is 0 Å². The van der Waals surface area contributed by atoms with Gasteiger partial charge in [0.1, 0.15) is 16.4 Å². The zero-order valence-electron chi connectivity index (χ0n) is 11.0. The van der Waals surface area contributed by atoms with E-state index < -0.39 is 10.0 Å². The number of aromatic nitrogens is 2. The predicted molar refractivity (Wildman–Crippen MR) is 70.1 cm³/mol. The summed E-state index contributed by atoms with van der Waals surface area (Å²) in [5.74, 6) is 0.848. The fourth-order valence-corrected chi connectivity index (χ4v) is 3.47. The van der Waals surface area contributed by atoms with Crippen molar-refractivity contribution < 1.29 is 12.8 Å². The van der Waals surface area contributed by atoms with Crippen molar-refractivity contribution in [2.75, 3.05) is 4.72 Å². The van der Waals surface area contributed by atoms with Gasteiger partial charge in [-0.3, -0.25) is 9.40 Å². The summed E-state index contributed by atoms with van der Waals surface area (Å²) in [5.41, 5.74) is 6.48. The smallest absolute Gasteiger partial charge is 0.265 e. The zero-order valence-corrected chi connectivity index (χ0v) is 11.8. The highest BCUT2D eigenvalue weighted by Crippen LogP contribution is 2.27. The van der Waals surface area contributed by atoms with Crippen molar-refractivity contribution in [3.05, 3.63) is 29.5 Å². The lowest BCUT2D eigenvalue weighted by Crippen LogP contribution is -2.16. The van der Waals surface area contributed by atoms with Gasteiger partial charge in [0.05, 0.1) is 11.9 Å². The van der Waals surface area contributed by atoms with Crippen molar-refractivity contribution >= 4 is 15.7 Å². The Hall–Kier alpha value is -1.80. The van der Waals surface area contributed by atoms with E-state index >= 15 is 0 Å². The van der Waals surface area contributed by atoms with Crippen LogP contribution in [-0.2, 0) is 23.6 Å². The molecule has 0 radical (unpaired) electrons. The predicted octanol–water partition coefficient (Wildman–Crippen LogP) is 0.889. The molecule has 0 aliphatic heterocycles. The van der Waals surface area contributed by atoms with Crippen LogP contribution in [0.2, 0.25) is 0 Å². The van der Waals surface area contributed by atoms with Gasteiger partial charge in [0.15, 0.2) is 0 Å². The van der Waals surface area contributed by atoms with Gasteiger partial charge < -0.3 is 10.2 Å². The highest BCUT2D eigenvalue weighted by atomic mass is 32.2. The summed E-state index contributed by atoms with van der Waals surface area (Å²) in [7, 11) is -2.02. The summed E-state index contributed by atoms with van der Waals surface area (Å²) in [6, 6.07) is 0. The highest BCUT2D eigenvalue weighted by molar-refractivity contribution is 7.92. The summed E-state index contributed by atoms with van der Waals surface area (Å²) < 4.78 is 34.0. The SMILES string of the molecule is Cc1oc(C)c(S(=O)(=O)Nc2cnn(C)c2)c1CN. The molecule has 2 rings (SSSR count). The van der Waals surface area contributed by atoms with E-state index in [1.54, 1.807) is 27.1 Å². The van der Waals surface area contributed by atoms with E-state index in [9.17, 15) is 8.42 Å². The average molecular weight is 284 g/mol. The monoisotopic (exact) mass is 284 g/mol. The molecule has 0 saturated carbocycles. The minimum atomic E-state index is -3.73. The number of furan rings is 1. The van der Waals surface area contributed by atoms with E-state index in [-0.39, 0.29) is 11.4 Å². The first-order valence-corrected chi connectivity index (χ1v) is 7.14.